The molecule has 0 saturated carbocycles. The molecule has 3 aromatic heterocycles. The van der Waals surface area contributed by atoms with Crippen LogP contribution in [0.25, 0.3) is 21.9 Å². The zero-order valence-corrected chi connectivity index (χ0v) is 19.8. The fourth-order valence-corrected chi connectivity index (χ4v) is 4.34. The van der Waals surface area contributed by atoms with Crippen molar-refractivity contribution in [3.05, 3.63) is 76.8 Å². The lowest BCUT2D eigenvalue weighted by Crippen LogP contribution is -2.20. The van der Waals surface area contributed by atoms with E-state index >= 15 is 0 Å². The molecular formula is C24H23F2N5O3S. The van der Waals surface area contributed by atoms with Crippen LogP contribution in [0.2, 0.25) is 0 Å². The number of halogens is 2. The van der Waals surface area contributed by atoms with Crippen molar-refractivity contribution in [3.8, 4) is 21.9 Å². The van der Waals surface area contributed by atoms with Crippen molar-refractivity contribution in [1.29, 1.82) is 0 Å². The van der Waals surface area contributed by atoms with E-state index in [4.69, 9.17) is 15.9 Å². The third-order valence-electron chi connectivity index (χ3n) is 5.25. The summed E-state index contributed by atoms with van der Waals surface area (Å²) in [6, 6.07) is 7.23. The lowest BCUT2D eigenvalue weighted by Gasteiger charge is -2.18. The van der Waals surface area contributed by atoms with Crippen molar-refractivity contribution in [3.63, 3.8) is 0 Å². The Balaban J connectivity index is 0.000000171. The maximum Gasteiger partial charge on any atom is 0.249 e. The first-order chi connectivity index (χ1) is 16.5. The van der Waals surface area contributed by atoms with Gasteiger partial charge in [0.15, 0.2) is 5.76 Å². The Morgan fingerprint density at radius 3 is 2.51 bits per heavy atom. The monoisotopic (exact) mass is 499 g/mol. The van der Waals surface area contributed by atoms with Crippen LogP contribution >= 0.6 is 11.3 Å². The summed E-state index contributed by atoms with van der Waals surface area (Å²) in [5.74, 6) is 0.0913. The van der Waals surface area contributed by atoms with Crippen molar-refractivity contribution in [2.45, 2.75) is 32.3 Å². The predicted molar refractivity (Wildman–Crippen MR) is 129 cm³/mol. The minimum absolute atomic E-state index is 0.142. The number of carbonyl (C=O) groups is 1. The molecule has 35 heavy (non-hydrogen) atoms. The number of furan rings is 1. The van der Waals surface area contributed by atoms with Crippen LogP contribution in [0.5, 0.6) is 0 Å². The molecule has 1 aromatic carbocycles. The van der Waals surface area contributed by atoms with Gasteiger partial charge in [0.1, 0.15) is 29.0 Å². The largest absolute Gasteiger partial charge is 0.463 e. The molecule has 0 radical (unpaired) electrons. The number of amidine groups is 1. The van der Waals surface area contributed by atoms with E-state index in [9.17, 15) is 18.7 Å². The number of fused-ring (bicyclic) bond motifs is 1. The first-order valence-corrected chi connectivity index (χ1v) is 11.5. The van der Waals surface area contributed by atoms with Gasteiger partial charge in [-0.3, -0.25) is 4.79 Å². The van der Waals surface area contributed by atoms with Gasteiger partial charge in [0.2, 0.25) is 5.91 Å². The summed E-state index contributed by atoms with van der Waals surface area (Å²) < 4.78 is 35.1. The zero-order valence-electron chi connectivity index (χ0n) is 19.0. The molecule has 1 amide bonds. The standard InChI is InChI=1S/C14H13F2NO2S.C10H10N4O/c1-14(2,19)8-4-9(15)12(10(16)5-8)11-3-7(6-20-11)13(17)18;11-9-3-4-10-12-7(6-14(10)13-9)8-2-1-5-15-8/h3-6,19H,1-2H3,(H2,17,18);1-2,5-6H,3-4H2,(H2,11,13). The highest BCUT2D eigenvalue weighted by Crippen LogP contribution is 2.34. The van der Waals surface area contributed by atoms with Crippen LogP contribution in [0, 0.1) is 11.6 Å². The summed E-state index contributed by atoms with van der Waals surface area (Å²) in [6.07, 6.45) is 5.07. The number of imidazole rings is 1. The Morgan fingerprint density at radius 1 is 1.23 bits per heavy atom. The number of carbonyl (C=O) groups excluding carboxylic acids is 1. The van der Waals surface area contributed by atoms with Crippen molar-refractivity contribution in [2.24, 2.45) is 16.6 Å². The van der Waals surface area contributed by atoms with Crippen LogP contribution in [0.3, 0.4) is 0 Å². The first-order valence-electron chi connectivity index (χ1n) is 10.6. The summed E-state index contributed by atoms with van der Waals surface area (Å²) in [5.41, 5.74) is 10.3. The molecule has 0 unspecified atom stereocenters. The van der Waals surface area contributed by atoms with E-state index in [2.05, 4.69) is 10.1 Å². The van der Waals surface area contributed by atoms with Gasteiger partial charge in [-0.25, -0.2) is 18.4 Å². The Bertz CT molecular complexity index is 1380. The fourth-order valence-electron chi connectivity index (χ4n) is 3.40. The number of aromatic nitrogens is 2. The van der Waals surface area contributed by atoms with Gasteiger partial charge in [-0.05, 0) is 49.7 Å². The summed E-state index contributed by atoms with van der Waals surface area (Å²) in [5, 5.41) is 15.4. The van der Waals surface area contributed by atoms with Gasteiger partial charge in [-0.2, -0.15) is 5.10 Å². The number of nitrogens with two attached hydrogens (primary N) is 2. The number of hydrogen-bond donors (Lipinski definition) is 3. The molecular weight excluding hydrogens is 476 g/mol. The highest BCUT2D eigenvalue weighted by atomic mass is 32.1. The topological polar surface area (TPSA) is 133 Å². The SMILES string of the molecule is CC(C)(O)c1cc(F)c(-c2cc(C(N)=O)cs2)c(F)c1.NC1=Nn2cc(-c3ccco3)nc2CC1. The number of thiophene rings is 1. The van der Waals surface area contributed by atoms with Gasteiger partial charge in [0.25, 0.3) is 0 Å². The van der Waals surface area contributed by atoms with Gasteiger partial charge < -0.3 is 21.0 Å². The van der Waals surface area contributed by atoms with Crippen LogP contribution in [0.1, 0.15) is 42.0 Å². The van der Waals surface area contributed by atoms with Gasteiger partial charge in [-0.15, -0.1) is 11.3 Å². The fraction of sp³-hybridized carbons (Fsp3) is 0.208. The number of primary amides is 1. The Hall–Kier alpha value is -3.83. The van der Waals surface area contributed by atoms with E-state index in [0.717, 1.165) is 53.6 Å². The number of benzene rings is 1. The second-order valence-electron chi connectivity index (χ2n) is 8.39. The predicted octanol–water partition coefficient (Wildman–Crippen LogP) is 4.23. The molecule has 0 spiro atoms. The summed E-state index contributed by atoms with van der Waals surface area (Å²) in [4.78, 5) is 15.7. The molecule has 4 heterocycles. The zero-order chi connectivity index (χ0) is 25.3. The summed E-state index contributed by atoms with van der Waals surface area (Å²) in [6.45, 7) is 2.88. The number of aryl methyl sites for hydroxylation is 1. The maximum atomic E-state index is 14.1. The van der Waals surface area contributed by atoms with E-state index < -0.39 is 23.1 Å². The second kappa shape index (κ2) is 9.43. The number of rotatable bonds is 4. The molecule has 0 fully saturated rings. The average molecular weight is 500 g/mol. The molecule has 4 aromatic rings. The highest BCUT2D eigenvalue weighted by molar-refractivity contribution is 7.13. The van der Waals surface area contributed by atoms with Crippen LogP contribution in [-0.4, -0.2) is 26.5 Å². The van der Waals surface area contributed by atoms with Crippen LogP contribution in [0.4, 0.5) is 8.78 Å². The maximum absolute atomic E-state index is 14.1. The molecule has 5 N–H and O–H groups in total. The average Bonchev–Trinajstić information content (AvgIpc) is 3.53. The number of hydrogen-bond acceptors (Lipinski definition) is 7. The van der Waals surface area contributed by atoms with Crippen molar-refractivity contribution >= 4 is 23.1 Å². The molecule has 5 rings (SSSR count). The Labute approximate surface area is 203 Å². The molecule has 8 nitrogen and oxygen atoms in total. The van der Waals surface area contributed by atoms with Crippen molar-refractivity contribution < 1.29 is 23.1 Å². The Morgan fingerprint density at radius 2 is 1.94 bits per heavy atom. The molecule has 0 aliphatic carbocycles. The highest BCUT2D eigenvalue weighted by Gasteiger charge is 2.22. The Kier molecular flexibility index (Phi) is 6.55. The molecule has 0 bridgehead atoms. The quantitative estimate of drug-likeness (QED) is 0.387. The van der Waals surface area contributed by atoms with E-state index in [1.54, 1.807) is 10.9 Å². The van der Waals surface area contributed by atoms with E-state index in [0.29, 0.717) is 5.84 Å². The van der Waals surface area contributed by atoms with Crippen LogP contribution < -0.4 is 11.5 Å². The smallest absolute Gasteiger partial charge is 0.249 e. The molecule has 11 heteroatoms. The van der Waals surface area contributed by atoms with Gasteiger partial charge in [-0.1, -0.05) is 0 Å². The van der Waals surface area contributed by atoms with Crippen LogP contribution in [0.15, 0.2) is 57.7 Å². The normalized spacial score (nSPS) is 13.0. The van der Waals surface area contributed by atoms with Crippen molar-refractivity contribution in [1.82, 2.24) is 9.66 Å². The molecule has 0 atom stereocenters. The number of amides is 1. The minimum atomic E-state index is -1.34. The minimum Gasteiger partial charge on any atom is -0.463 e. The number of aliphatic hydroxyl groups is 1. The molecule has 1 aliphatic rings. The summed E-state index contributed by atoms with van der Waals surface area (Å²) >= 11 is 1.03. The third kappa shape index (κ3) is 5.31. The number of nitrogens with zero attached hydrogens (tertiary/aromatic N) is 3. The van der Waals surface area contributed by atoms with Gasteiger partial charge in [0.05, 0.1) is 29.2 Å². The first kappa shape index (κ1) is 24.3. The molecule has 1 aliphatic heterocycles. The van der Waals surface area contributed by atoms with Crippen LogP contribution in [-0.2, 0) is 12.0 Å². The third-order valence-corrected chi connectivity index (χ3v) is 6.20. The van der Waals surface area contributed by atoms with E-state index in [1.165, 1.54) is 25.3 Å². The van der Waals surface area contributed by atoms with Crippen molar-refractivity contribution in [2.75, 3.05) is 0 Å². The molecule has 182 valence electrons. The van der Waals surface area contributed by atoms with E-state index in [1.807, 2.05) is 18.3 Å². The van der Waals surface area contributed by atoms with Gasteiger partial charge >= 0.3 is 0 Å². The van der Waals surface area contributed by atoms with Gasteiger partial charge in [0, 0.05) is 23.1 Å². The lowest BCUT2D eigenvalue weighted by molar-refractivity contribution is 0.0778. The second-order valence-corrected chi connectivity index (χ2v) is 9.30. The molecule has 0 saturated heterocycles. The van der Waals surface area contributed by atoms with E-state index in [-0.39, 0.29) is 21.6 Å². The summed E-state index contributed by atoms with van der Waals surface area (Å²) in [7, 11) is 0. The lowest BCUT2D eigenvalue weighted by atomic mass is 9.96.